The van der Waals surface area contributed by atoms with Gasteiger partial charge in [0.2, 0.25) is 0 Å². The molecule has 0 saturated carbocycles. The van der Waals surface area contributed by atoms with Gasteiger partial charge in [-0.25, -0.2) is 0 Å². The van der Waals surface area contributed by atoms with E-state index >= 15 is 0 Å². The van der Waals surface area contributed by atoms with Gasteiger partial charge in [-0.2, -0.15) is 11.8 Å². The van der Waals surface area contributed by atoms with Crippen LogP contribution in [0.3, 0.4) is 0 Å². The summed E-state index contributed by atoms with van der Waals surface area (Å²) in [4.78, 5) is 10.9. The number of esters is 1. The molecule has 0 rings (SSSR count). The molecule has 5 heteroatoms. The second kappa shape index (κ2) is 6.23. The van der Waals surface area contributed by atoms with Crippen molar-refractivity contribution in [3.63, 3.8) is 0 Å². The van der Waals surface area contributed by atoms with Crippen LogP contribution in [0.4, 0.5) is 0 Å². The third-order valence-electron chi connectivity index (χ3n) is 1.49. The maximum atomic E-state index is 10.9. The zero-order valence-electron chi connectivity index (χ0n) is 8.19. The van der Waals surface area contributed by atoms with Crippen molar-refractivity contribution in [3.05, 3.63) is 0 Å². The maximum absolute atomic E-state index is 10.9. The molecule has 0 spiro atoms. The highest BCUT2D eigenvalue weighted by atomic mass is 32.2. The summed E-state index contributed by atoms with van der Waals surface area (Å²) in [6, 6.07) is -0.934. The SMILES string of the molecule is COC(=O)C(N)C(O)CSC(C)C. The van der Waals surface area contributed by atoms with Crippen molar-refractivity contribution in [2.24, 2.45) is 5.73 Å². The zero-order chi connectivity index (χ0) is 10.4. The van der Waals surface area contributed by atoms with Crippen molar-refractivity contribution >= 4 is 17.7 Å². The molecule has 3 N–H and O–H groups in total. The summed E-state index contributed by atoms with van der Waals surface area (Å²) in [7, 11) is 1.25. The summed E-state index contributed by atoms with van der Waals surface area (Å²) in [6.45, 7) is 4.03. The Kier molecular flexibility index (Phi) is 6.11. The van der Waals surface area contributed by atoms with Gasteiger partial charge in [-0.05, 0) is 5.25 Å². The fourth-order valence-electron chi connectivity index (χ4n) is 0.688. The first-order chi connectivity index (χ1) is 5.99. The number of thioether (sulfide) groups is 1. The van der Waals surface area contributed by atoms with Crippen LogP contribution in [0.1, 0.15) is 13.8 Å². The van der Waals surface area contributed by atoms with Crippen molar-refractivity contribution in [3.8, 4) is 0 Å². The summed E-state index contributed by atoms with van der Waals surface area (Å²) in [6.07, 6.45) is -0.833. The Morgan fingerprint density at radius 2 is 2.15 bits per heavy atom. The van der Waals surface area contributed by atoms with E-state index in [1.807, 2.05) is 13.8 Å². The summed E-state index contributed by atoms with van der Waals surface area (Å²) < 4.78 is 4.41. The second-order valence-electron chi connectivity index (χ2n) is 3.00. The highest BCUT2D eigenvalue weighted by Crippen LogP contribution is 2.11. The van der Waals surface area contributed by atoms with E-state index in [0.29, 0.717) is 11.0 Å². The van der Waals surface area contributed by atoms with E-state index in [4.69, 9.17) is 5.73 Å². The Labute approximate surface area is 82.8 Å². The van der Waals surface area contributed by atoms with Gasteiger partial charge in [-0.3, -0.25) is 4.79 Å². The summed E-state index contributed by atoms with van der Waals surface area (Å²) in [5.41, 5.74) is 5.42. The van der Waals surface area contributed by atoms with Gasteiger partial charge in [0.05, 0.1) is 13.2 Å². The van der Waals surface area contributed by atoms with E-state index < -0.39 is 18.1 Å². The fourth-order valence-corrected chi connectivity index (χ4v) is 1.48. The summed E-state index contributed by atoms with van der Waals surface area (Å²) in [5, 5.41) is 9.84. The maximum Gasteiger partial charge on any atom is 0.325 e. The van der Waals surface area contributed by atoms with Crippen LogP contribution >= 0.6 is 11.8 Å². The minimum atomic E-state index is -0.934. The highest BCUT2D eigenvalue weighted by molar-refractivity contribution is 7.99. The molecule has 0 aliphatic carbocycles. The van der Waals surface area contributed by atoms with Gasteiger partial charge in [-0.1, -0.05) is 13.8 Å². The Hall–Kier alpha value is -0.260. The molecule has 2 unspecified atom stereocenters. The van der Waals surface area contributed by atoms with E-state index in [9.17, 15) is 9.90 Å². The minimum Gasteiger partial charge on any atom is -0.468 e. The average Bonchev–Trinajstić information content (AvgIpc) is 2.11. The van der Waals surface area contributed by atoms with Crippen molar-refractivity contribution in [1.82, 2.24) is 0 Å². The van der Waals surface area contributed by atoms with Gasteiger partial charge in [0, 0.05) is 5.75 Å². The lowest BCUT2D eigenvalue weighted by Crippen LogP contribution is -2.44. The van der Waals surface area contributed by atoms with Gasteiger partial charge in [0.15, 0.2) is 0 Å². The van der Waals surface area contributed by atoms with Crippen molar-refractivity contribution in [1.29, 1.82) is 0 Å². The van der Waals surface area contributed by atoms with Crippen LogP contribution in [-0.4, -0.2) is 41.3 Å². The van der Waals surface area contributed by atoms with E-state index in [-0.39, 0.29) is 0 Å². The van der Waals surface area contributed by atoms with Crippen LogP contribution in [-0.2, 0) is 9.53 Å². The molecule has 0 amide bonds. The number of hydrogen-bond donors (Lipinski definition) is 2. The number of rotatable bonds is 5. The number of carbonyl (C=O) groups is 1. The van der Waals surface area contributed by atoms with Crippen LogP contribution in [0, 0.1) is 0 Å². The van der Waals surface area contributed by atoms with Crippen molar-refractivity contribution < 1.29 is 14.6 Å². The predicted octanol–water partition coefficient (Wildman–Crippen LogP) is -0.0108. The Morgan fingerprint density at radius 3 is 2.54 bits per heavy atom. The number of ether oxygens (including phenoxy) is 1. The standard InChI is InChI=1S/C8H17NO3S/c1-5(2)13-4-6(10)7(9)8(11)12-3/h5-7,10H,4,9H2,1-3H3. The number of aliphatic hydroxyl groups excluding tert-OH is 1. The fraction of sp³-hybridized carbons (Fsp3) is 0.875. The molecule has 0 heterocycles. The van der Waals surface area contributed by atoms with Crippen LogP contribution in [0.25, 0.3) is 0 Å². The molecule has 78 valence electrons. The summed E-state index contributed by atoms with van der Waals surface area (Å²) in [5.74, 6) is -0.120. The van der Waals surface area contributed by atoms with Crippen LogP contribution in [0.2, 0.25) is 0 Å². The van der Waals surface area contributed by atoms with E-state index in [1.54, 1.807) is 11.8 Å². The zero-order valence-corrected chi connectivity index (χ0v) is 9.00. The molecule has 0 aliphatic heterocycles. The predicted molar refractivity (Wildman–Crippen MR) is 53.6 cm³/mol. The number of carbonyl (C=O) groups excluding carboxylic acids is 1. The third kappa shape index (κ3) is 5.13. The first kappa shape index (κ1) is 12.7. The molecule has 0 aromatic carbocycles. The Balaban J connectivity index is 3.82. The molecule has 4 nitrogen and oxygen atoms in total. The quantitative estimate of drug-likeness (QED) is 0.620. The van der Waals surface area contributed by atoms with Gasteiger partial charge in [-0.15, -0.1) is 0 Å². The monoisotopic (exact) mass is 207 g/mol. The molecular weight excluding hydrogens is 190 g/mol. The molecular formula is C8H17NO3S. The molecule has 0 saturated heterocycles. The molecule has 0 aromatic heterocycles. The first-order valence-electron chi connectivity index (χ1n) is 4.12. The second-order valence-corrected chi connectivity index (χ2v) is 4.61. The molecule has 13 heavy (non-hydrogen) atoms. The number of aliphatic hydroxyl groups is 1. The Bertz CT molecular complexity index is 163. The molecule has 0 aromatic rings. The molecule has 2 atom stereocenters. The number of hydrogen-bond acceptors (Lipinski definition) is 5. The van der Waals surface area contributed by atoms with Gasteiger partial charge in [0.25, 0.3) is 0 Å². The lowest BCUT2D eigenvalue weighted by molar-refractivity contribution is -0.144. The van der Waals surface area contributed by atoms with Crippen molar-refractivity contribution in [2.75, 3.05) is 12.9 Å². The molecule has 0 aliphatic rings. The first-order valence-corrected chi connectivity index (χ1v) is 5.17. The minimum absolute atomic E-state index is 0.416. The van der Waals surface area contributed by atoms with Gasteiger partial charge < -0.3 is 15.6 Å². The third-order valence-corrected chi connectivity index (χ3v) is 2.69. The normalized spacial score (nSPS) is 15.5. The largest absolute Gasteiger partial charge is 0.468 e. The van der Waals surface area contributed by atoms with Crippen LogP contribution < -0.4 is 5.73 Å². The number of methoxy groups -OCH3 is 1. The smallest absolute Gasteiger partial charge is 0.325 e. The van der Waals surface area contributed by atoms with Crippen LogP contribution in [0.5, 0.6) is 0 Å². The molecule has 0 radical (unpaired) electrons. The van der Waals surface area contributed by atoms with Crippen molar-refractivity contribution in [2.45, 2.75) is 31.2 Å². The van der Waals surface area contributed by atoms with E-state index in [2.05, 4.69) is 4.74 Å². The highest BCUT2D eigenvalue weighted by Gasteiger charge is 2.23. The van der Waals surface area contributed by atoms with E-state index in [0.717, 1.165) is 0 Å². The average molecular weight is 207 g/mol. The van der Waals surface area contributed by atoms with Gasteiger partial charge in [0.1, 0.15) is 6.04 Å². The Morgan fingerprint density at radius 1 is 1.62 bits per heavy atom. The lowest BCUT2D eigenvalue weighted by Gasteiger charge is -2.16. The number of nitrogens with two attached hydrogens (primary N) is 1. The van der Waals surface area contributed by atoms with Gasteiger partial charge >= 0.3 is 5.97 Å². The molecule has 0 fully saturated rings. The summed E-state index contributed by atoms with van der Waals surface area (Å²) >= 11 is 1.56. The lowest BCUT2D eigenvalue weighted by atomic mass is 10.2. The van der Waals surface area contributed by atoms with E-state index in [1.165, 1.54) is 7.11 Å². The topological polar surface area (TPSA) is 72.5 Å². The van der Waals surface area contributed by atoms with Crippen LogP contribution in [0.15, 0.2) is 0 Å². The molecule has 0 bridgehead atoms.